The van der Waals surface area contributed by atoms with Gasteiger partial charge in [0.1, 0.15) is 5.82 Å². The van der Waals surface area contributed by atoms with Crippen molar-refractivity contribution in [2.24, 2.45) is 0 Å². The molecule has 2 nitrogen and oxygen atoms in total. The molecular formula is C14H10Br2FNO. The zero-order valence-corrected chi connectivity index (χ0v) is 13.2. The van der Waals surface area contributed by atoms with Crippen LogP contribution in [0.15, 0.2) is 45.3 Å². The van der Waals surface area contributed by atoms with E-state index in [9.17, 15) is 9.18 Å². The van der Waals surface area contributed by atoms with E-state index in [2.05, 4.69) is 37.2 Å². The third-order valence-corrected chi connectivity index (χ3v) is 3.71. The van der Waals surface area contributed by atoms with Crippen molar-refractivity contribution in [1.82, 2.24) is 0 Å². The van der Waals surface area contributed by atoms with Gasteiger partial charge in [0, 0.05) is 15.7 Å². The summed E-state index contributed by atoms with van der Waals surface area (Å²) in [4.78, 5) is 12.1. The number of hydrogen-bond donors (Lipinski definition) is 1. The molecule has 0 aliphatic rings. The SMILES string of the molecule is Cc1cc(Br)ccc1C(=O)Nc1ccc(F)c(Br)c1. The lowest BCUT2D eigenvalue weighted by molar-refractivity contribution is 0.102. The van der Waals surface area contributed by atoms with Gasteiger partial charge in [-0.25, -0.2) is 4.39 Å². The fraction of sp³-hybridized carbons (Fsp3) is 0.0714. The van der Waals surface area contributed by atoms with Crippen LogP contribution in [0.2, 0.25) is 0 Å². The van der Waals surface area contributed by atoms with Crippen LogP contribution >= 0.6 is 31.9 Å². The number of amides is 1. The molecule has 19 heavy (non-hydrogen) atoms. The molecule has 0 unspecified atom stereocenters. The molecule has 0 spiro atoms. The van der Waals surface area contributed by atoms with Crippen molar-refractivity contribution in [3.05, 3.63) is 62.3 Å². The molecule has 2 aromatic carbocycles. The van der Waals surface area contributed by atoms with Gasteiger partial charge in [0.15, 0.2) is 0 Å². The molecule has 0 bridgehead atoms. The maximum atomic E-state index is 13.1. The number of carbonyl (C=O) groups excluding carboxylic acids is 1. The Labute approximate surface area is 127 Å². The summed E-state index contributed by atoms with van der Waals surface area (Å²) in [6.45, 7) is 1.86. The number of halogens is 3. The first-order chi connectivity index (χ1) is 8.97. The maximum Gasteiger partial charge on any atom is 0.255 e. The quantitative estimate of drug-likeness (QED) is 0.780. The lowest BCUT2D eigenvalue weighted by atomic mass is 10.1. The minimum Gasteiger partial charge on any atom is -0.322 e. The molecule has 1 N–H and O–H groups in total. The van der Waals surface area contributed by atoms with Crippen LogP contribution in [0.3, 0.4) is 0 Å². The molecule has 1 amide bonds. The van der Waals surface area contributed by atoms with E-state index in [0.29, 0.717) is 15.7 Å². The van der Waals surface area contributed by atoms with Crippen molar-refractivity contribution in [1.29, 1.82) is 0 Å². The van der Waals surface area contributed by atoms with Gasteiger partial charge in [-0.05, 0) is 64.8 Å². The van der Waals surface area contributed by atoms with Crippen LogP contribution in [0.4, 0.5) is 10.1 Å². The van der Waals surface area contributed by atoms with Gasteiger partial charge in [0.05, 0.1) is 4.47 Å². The summed E-state index contributed by atoms with van der Waals surface area (Å²) in [5.74, 6) is -0.582. The van der Waals surface area contributed by atoms with Crippen molar-refractivity contribution in [2.75, 3.05) is 5.32 Å². The van der Waals surface area contributed by atoms with E-state index >= 15 is 0 Å². The van der Waals surface area contributed by atoms with Crippen molar-refractivity contribution >= 4 is 43.5 Å². The Morgan fingerprint density at radius 2 is 1.89 bits per heavy atom. The zero-order valence-electron chi connectivity index (χ0n) is 10.0. The Bertz CT molecular complexity index is 643. The molecule has 0 heterocycles. The van der Waals surface area contributed by atoms with Crippen LogP contribution in [0.1, 0.15) is 15.9 Å². The summed E-state index contributed by atoms with van der Waals surface area (Å²) in [5, 5.41) is 2.74. The highest BCUT2D eigenvalue weighted by molar-refractivity contribution is 9.10. The summed E-state index contributed by atoms with van der Waals surface area (Å²) in [7, 11) is 0. The zero-order chi connectivity index (χ0) is 14.0. The molecule has 0 aliphatic carbocycles. The average Bonchev–Trinajstić information content (AvgIpc) is 2.33. The first kappa shape index (κ1) is 14.2. The highest BCUT2D eigenvalue weighted by Gasteiger charge is 2.10. The molecule has 0 aromatic heterocycles. The van der Waals surface area contributed by atoms with Gasteiger partial charge in [0.25, 0.3) is 5.91 Å². The van der Waals surface area contributed by atoms with Gasteiger partial charge in [-0.15, -0.1) is 0 Å². The molecule has 0 saturated carbocycles. The first-order valence-electron chi connectivity index (χ1n) is 5.50. The highest BCUT2D eigenvalue weighted by Crippen LogP contribution is 2.21. The summed E-state index contributed by atoms with van der Waals surface area (Å²) >= 11 is 6.43. The van der Waals surface area contributed by atoms with Crippen LogP contribution in [-0.2, 0) is 0 Å². The number of carbonyl (C=O) groups is 1. The fourth-order valence-corrected chi connectivity index (χ4v) is 2.51. The number of aryl methyl sites for hydroxylation is 1. The minimum absolute atomic E-state index is 0.219. The second-order valence-electron chi connectivity index (χ2n) is 4.04. The van der Waals surface area contributed by atoms with E-state index in [1.807, 2.05) is 19.1 Å². The van der Waals surface area contributed by atoms with E-state index in [-0.39, 0.29) is 11.7 Å². The Balaban J connectivity index is 2.23. The van der Waals surface area contributed by atoms with E-state index in [1.54, 1.807) is 6.07 Å². The topological polar surface area (TPSA) is 29.1 Å². The standard InChI is InChI=1S/C14H10Br2FNO/c1-8-6-9(15)2-4-11(8)14(19)18-10-3-5-13(17)12(16)7-10/h2-7H,1H3,(H,18,19). The lowest BCUT2D eigenvalue weighted by Crippen LogP contribution is -2.13. The van der Waals surface area contributed by atoms with E-state index in [0.717, 1.165) is 10.0 Å². The summed E-state index contributed by atoms with van der Waals surface area (Å²) in [6.07, 6.45) is 0. The predicted octanol–water partition coefficient (Wildman–Crippen LogP) is 4.91. The fourth-order valence-electron chi connectivity index (χ4n) is 1.65. The van der Waals surface area contributed by atoms with Crippen LogP contribution in [-0.4, -0.2) is 5.91 Å². The second kappa shape index (κ2) is 5.84. The van der Waals surface area contributed by atoms with Gasteiger partial charge in [-0.1, -0.05) is 15.9 Å². The van der Waals surface area contributed by atoms with Crippen LogP contribution < -0.4 is 5.32 Å². The molecule has 0 fully saturated rings. The monoisotopic (exact) mass is 385 g/mol. The first-order valence-corrected chi connectivity index (χ1v) is 7.08. The van der Waals surface area contributed by atoms with E-state index in [1.165, 1.54) is 18.2 Å². The van der Waals surface area contributed by atoms with Gasteiger partial charge in [0.2, 0.25) is 0 Å². The Morgan fingerprint density at radius 3 is 2.53 bits per heavy atom. The van der Waals surface area contributed by atoms with E-state index < -0.39 is 0 Å². The average molecular weight is 387 g/mol. The molecule has 0 saturated heterocycles. The molecule has 0 aliphatic heterocycles. The van der Waals surface area contributed by atoms with Crippen LogP contribution in [0.25, 0.3) is 0 Å². The summed E-state index contributed by atoms with van der Waals surface area (Å²) in [6, 6.07) is 9.77. The highest BCUT2D eigenvalue weighted by atomic mass is 79.9. The lowest BCUT2D eigenvalue weighted by Gasteiger charge is -2.08. The second-order valence-corrected chi connectivity index (χ2v) is 5.81. The van der Waals surface area contributed by atoms with Crippen LogP contribution in [0, 0.1) is 12.7 Å². The summed E-state index contributed by atoms with van der Waals surface area (Å²) < 4.78 is 14.3. The molecule has 2 aromatic rings. The third-order valence-electron chi connectivity index (χ3n) is 2.61. The Hall–Kier alpha value is -1.20. The minimum atomic E-state index is -0.363. The molecule has 0 radical (unpaired) electrons. The molecular weight excluding hydrogens is 377 g/mol. The number of hydrogen-bond acceptors (Lipinski definition) is 1. The molecule has 5 heteroatoms. The largest absolute Gasteiger partial charge is 0.322 e. The number of nitrogens with one attached hydrogen (secondary N) is 1. The van der Waals surface area contributed by atoms with Gasteiger partial charge >= 0.3 is 0 Å². The third kappa shape index (κ3) is 3.42. The van der Waals surface area contributed by atoms with Gasteiger partial charge in [-0.2, -0.15) is 0 Å². The van der Waals surface area contributed by atoms with Gasteiger partial charge < -0.3 is 5.32 Å². The van der Waals surface area contributed by atoms with Crippen molar-refractivity contribution in [3.8, 4) is 0 Å². The Morgan fingerprint density at radius 1 is 1.16 bits per heavy atom. The van der Waals surface area contributed by atoms with Crippen molar-refractivity contribution in [3.63, 3.8) is 0 Å². The predicted molar refractivity (Wildman–Crippen MR) is 80.9 cm³/mol. The summed E-state index contributed by atoms with van der Waals surface area (Å²) in [5.41, 5.74) is 2.00. The van der Waals surface area contributed by atoms with Crippen LogP contribution in [0.5, 0.6) is 0 Å². The number of rotatable bonds is 2. The molecule has 2 rings (SSSR count). The Kier molecular flexibility index (Phi) is 4.37. The van der Waals surface area contributed by atoms with Crippen molar-refractivity contribution < 1.29 is 9.18 Å². The number of benzene rings is 2. The van der Waals surface area contributed by atoms with Gasteiger partial charge in [-0.3, -0.25) is 4.79 Å². The molecule has 98 valence electrons. The molecule has 0 atom stereocenters. The van der Waals surface area contributed by atoms with Crippen molar-refractivity contribution in [2.45, 2.75) is 6.92 Å². The number of anilines is 1. The normalized spacial score (nSPS) is 10.3. The smallest absolute Gasteiger partial charge is 0.255 e. The van der Waals surface area contributed by atoms with E-state index in [4.69, 9.17) is 0 Å². The maximum absolute atomic E-state index is 13.1.